The number of aryl methyl sites for hydroxylation is 2. The van der Waals surface area contributed by atoms with Crippen LogP contribution >= 0.6 is 0 Å². The molecular weight excluding hydrogens is 230 g/mol. The molecular formula is C14H15NO3. The Bertz CT molecular complexity index is 572. The van der Waals surface area contributed by atoms with E-state index in [1.165, 1.54) is 0 Å². The van der Waals surface area contributed by atoms with Gasteiger partial charge in [0, 0.05) is 12.5 Å². The fourth-order valence-corrected chi connectivity index (χ4v) is 1.78. The third-order valence-corrected chi connectivity index (χ3v) is 2.60. The molecule has 1 aromatic carbocycles. The molecule has 0 radical (unpaired) electrons. The van der Waals surface area contributed by atoms with Crippen LogP contribution in [0.1, 0.15) is 28.9 Å². The first-order valence-electron chi connectivity index (χ1n) is 5.84. The van der Waals surface area contributed by atoms with Crippen LogP contribution in [0.5, 0.6) is 0 Å². The van der Waals surface area contributed by atoms with Gasteiger partial charge in [0.15, 0.2) is 5.89 Å². The van der Waals surface area contributed by atoms with Gasteiger partial charge in [-0.2, -0.15) is 0 Å². The van der Waals surface area contributed by atoms with E-state index in [2.05, 4.69) is 4.98 Å². The van der Waals surface area contributed by atoms with E-state index in [1.807, 2.05) is 31.2 Å². The molecule has 1 heterocycles. The number of esters is 1. The van der Waals surface area contributed by atoms with Crippen LogP contribution in [0.3, 0.4) is 0 Å². The second-order valence-corrected chi connectivity index (χ2v) is 3.95. The SMILES string of the molecule is CCOC(=O)c1oc(C)nc1-c1ccccc1C. The zero-order valence-electron chi connectivity index (χ0n) is 10.7. The highest BCUT2D eigenvalue weighted by Gasteiger charge is 2.22. The summed E-state index contributed by atoms with van der Waals surface area (Å²) in [6.07, 6.45) is 0. The van der Waals surface area contributed by atoms with Crippen molar-refractivity contribution >= 4 is 5.97 Å². The van der Waals surface area contributed by atoms with Crippen LogP contribution < -0.4 is 0 Å². The van der Waals surface area contributed by atoms with E-state index >= 15 is 0 Å². The number of carbonyl (C=O) groups is 1. The molecule has 0 saturated heterocycles. The molecule has 2 rings (SSSR count). The molecule has 0 aliphatic heterocycles. The molecule has 0 unspecified atom stereocenters. The van der Waals surface area contributed by atoms with Crippen LogP contribution in [0, 0.1) is 13.8 Å². The Morgan fingerprint density at radius 1 is 1.33 bits per heavy atom. The van der Waals surface area contributed by atoms with Gasteiger partial charge in [0.25, 0.3) is 0 Å². The van der Waals surface area contributed by atoms with Crippen LogP contribution in [0.2, 0.25) is 0 Å². The summed E-state index contributed by atoms with van der Waals surface area (Å²) < 4.78 is 10.3. The van der Waals surface area contributed by atoms with E-state index in [0.717, 1.165) is 11.1 Å². The summed E-state index contributed by atoms with van der Waals surface area (Å²) in [5.74, 6) is 0.149. The topological polar surface area (TPSA) is 52.3 Å². The second-order valence-electron chi connectivity index (χ2n) is 3.95. The lowest BCUT2D eigenvalue weighted by Gasteiger charge is -2.03. The highest BCUT2D eigenvalue weighted by molar-refractivity contribution is 5.93. The summed E-state index contributed by atoms with van der Waals surface area (Å²) in [5, 5.41) is 0. The highest BCUT2D eigenvalue weighted by atomic mass is 16.5. The van der Waals surface area contributed by atoms with Crippen molar-refractivity contribution in [2.24, 2.45) is 0 Å². The van der Waals surface area contributed by atoms with Gasteiger partial charge in [0.05, 0.1) is 6.61 Å². The van der Waals surface area contributed by atoms with Crippen molar-refractivity contribution in [1.29, 1.82) is 0 Å². The van der Waals surface area contributed by atoms with Crippen molar-refractivity contribution in [3.05, 3.63) is 41.5 Å². The Labute approximate surface area is 106 Å². The lowest BCUT2D eigenvalue weighted by molar-refractivity contribution is 0.0490. The fraction of sp³-hybridized carbons (Fsp3) is 0.286. The third kappa shape index (κ3) is 2.27. The largest absolute Gasteiger partial charge is 0.460 e. The number of carbonyl (C=O) groups excluding carboxylic acids is 1. The maximum Gasteiger partial charge on any atom is 0.376 e. The normalized spacial score (nSPS) is 10.4. The molecule has 0 aliphatic rings. The lowest BCUT2D eigenvalue weighted by atomic mass is 10.0. The molecule has 0 N–H and O–H groups in total. The molecule has 2 aromatic rings. The molecule has 0 bridgehead atoms. The van der Waals surface area contributed by atoms with Crippen LogP contribution in [-0.2, 0) is 4.74 Å². The van der Waals surface area contributed by atoms with E-state index in [-0.39, 0.29) is 5.76 Å². The van der Waals surface area contributed by atoms with E-state index in [9.17, 15) is 4.79 Å². The van der Waals surface area contributed by atoms with Gasteiger partial charge in [-0.1, -0.05) is 24.3 Å². The van der Waals surface area contributed by atoms with Crippen LogP contribution in [0.4, 0.5) is 0 Å². The standard InChI is InChI=1S/C14H15NO3/c1-4-17-14(16)13-12(15-10(3)18-13)11-8-6-5-7-9(11)2/h5-8H,4H2,1-3H3. The highest BCUT2D eigenvalue weighted by Crippen LogP contribution is 2.27. The summed E-state index contributed by atoms with van der Waals surface area (Å²) >= 11 is 0. The van der Waals surface area contributed by atoms with E-state index in [0.29, 0.717) is 18.2 Å². The van der Waals surface area contributed by atoms with Gasteiger partial charge in [0.2, 0.25) is 5.76 Å². The zero-order valence-corrected chi connectivity index (χ0v) is 10.7. The average molecular weight is 245 g/mol. The first kappa shape index (κ1) is 12.4. The van der Waals surface area contributed by atoms with Gasteiger partial charge in [-0.05, 0) is 19.4 Å². The average Bonchev–Trinajstić information content (AvgIpc) is 2.72. The first-order chi connectivity index (χ1) is 8.63. The van der Waals surface area contributed by atoms with E-state index in [4.69, 9.17) is 9.15 Å². The zero-order chi connectivity index (χ0) is 13.1. The molecule has 0 saturated carbocycles. The summed E-state index contributed by atoms with van der Waals surface area (Å²) in [7, 11) is 0. The van der Waals surface area contributed by atoms with Gasteiger partial charge in [-0.15, -0.1) is 0 Å². The number of nitrogens with zero attached hydrogens (tertiary/aromatic N) is 1. The minimum atomic E-state index is -0.476. The van der Waals surface area contributed by atoms with Crippen molar-refractivity contribution in [2.75, 3.05) is 6.61 Å². The van der Waals surface area contributed by atoms with Gasteiger partial charge in [-0.3, -0.25) is 0 Å². The molecule has 0 fully saturated rings. The van der Waals surface area contributed by atoms with Gasteiger partial charge in [0.1, 0.15) is 5.69 Å². The van der Waals surface area contributed by atoms with Crippen LogP contribution in [-0.4, -0.2) is 17.6 Å². The maximum absolute atomic E-state index is 11.8. The summed E-state index contributed by atoms with van der Waals surface area (Å²) in [6, 6.07) is 7.72. The fourth-order valence-electron chi connectivity index (χ4n) is 1.78. The van der Waals surface area contributed by atoms with E-state index in [1.54, 1.807) is 13.8 Å². The van der Waals surface area contributed by atoms with E-state index < -0.39 is 5.97 Å². The molecule has 1 aromatic heterocycles. The Kier molecular flexibility index (Phi) is 3.46. The van der Waals surface area contributed by atoms with Crippen molar-refractivity contribution in [3.63, 3.8) is 0 Å². The maximum atomic E-state index is 11.8. The molecule has 94 valence electrons. The molecule has 0 atom stereocenters. The molecule has 0 amide bonds. The Hall–Kier alpha value is -2.10. The molecule has 4 nitrogen and oxygen atoms in total. The van der Waals surface area contributed by atoms with Gasteiger partial charge < -0.3 is 9.15 Å². The number of hydrogen-bond acceptors (Lipinski definition) is 4. The quantitative estimate of drug-likeness (QED) is 0.779. The predicted molar refractivity (Wildman–Crippen MR) is 67.4 cm³/mol. The summed E-state index contributed by atoms with van der Waals surface area (Å²) in [6.45, 7) is 5.75. The number of ether oxygens (including phenoxy) is 1. The monoisotopic (exact) mass is 245 g/mol. The number of oxazole rings is 1. The van der Waals surface area contributed by atoms with Crippen molar-refractivity contribution in [2.45, 2.75) is 20.8 Å². The smallest absolute Gasteiger partial charge is 0.376 e. The van der Waals surface area contributed by atoms with Gasteiger partial charge >= 0.3 is 5.97 Å². The molecule has 4 heteroatoms. The molecule has 0 aliphatic carbocycles. The van der Waals surface area contributed by atoms with Crippen molar-refractivity contribution in [3.8, 4) is 11.3 Å². The molecule has 0 spiro atoms. The summed E-state index contributed by atoms with van der Waals surface area (Å²) in [4.78, 5) is 16.1. The van der Waals surface area contributed by atoms with Crippen molar-refractivity contribution in [1.82, 2.24) is 4.98 Å². The Morgan fingerprint density at radius 3 is 2.72 bits per heavy atom. The second kappa shape index (κ2) is 5.04. The minimum absolute atomic E-state index is 0.170. The molecule has 18 heavy (non-hydrogen) atoms. The van der Waals surface area contributed by atoms with Crippen LogP contribution in [0.25, 0.3) is 11.3 Å². The van der Waals surface area contributed by atoms with Crippen LogP contribution in [0.15, 0.2) is 28.7 Å². The lowest BCUT2D eigenvalue weighted by Crippen LogP contribution is -2.05. The number of hydrogen-bond donors (Lipinski definition) is 0. The summed E-state index contributed by atoms with van der Waals surface area (Å²) in [5.41, 5.74) is 2.47. The van der Waals surface area contributed by atoms with Gasteiger partial charge in [-0.25, -0.2) is 9.78 Å². The number of rotatable bonds is 3. The number of aromatic nitrogens is 1. The predicted octanol–water partition coefficient (Wildman–Crippen LogP) is 3.14. The first-order valence-corrected chi connectivity index (χ1v) is 5.84. The Balaban J connectivity index is 2.51. The van der Waals surface area contributed by atoms with Crippen molar-refractivity contribution < 1.29 is 13.9 Å². The minimum Gasteiger partial charge on any atom is -0.460 e. The number of benzene rings is 1. The third-order valence-electron chi connectivity index (χ3n) is 2.60. The Morgan fingerprint density at radius 2 is 2.06 bits per heavy atom.